The average Bonchev–Trinajstić information content (AvgIpc) is 2.49. The quantitative estimate of drug-likeness (QED) is 0.639. The highest BCUT2D eigenvalue weighted by Crippen LogP contribution is 2.27. The molecule has 100 valence electrons. The zero-order valence-corrected chi connectivity index (χ0v) is 11.3. The molecule has 0 aliphatic rings. The van der Waals surface area contributed by atoms with Crippen molar-refractivity contribution >= 4 is 22.4 Å². The molecule has 0 saturated heterocycles. The predicted molar refractivity (Wildman–Crippen MR) is 77.8 cm³/mol. The second-order valence-corrected chi connectivity index (χ2v) is 4.60. The summed E-state index contributed by atoms with van der Waals surface area (Å²) in [6, 6.07) is 15.0. The molecule has 2 nitrogen and oxygen atoms in total. The van der Waals surface area contributed by atoms with Gasteiger partial charge in [0.1, 0.15) is 5.75 Å². The van der Waals surface area contributed by atoms with Gasteiger partial charge in [-0.2, -0.15) is 0 Å². The third kappa shape index (κ3) is 2.45. The van der Waals surface area contributed by atoms with Crippen LogP contribution in [-0.2, 0) is 5.88 Å². The maximum atomic E-state index is 14.0. The van der Waals surface area contributed by atoms with Crippen LogP contribution in [-0.4, -0.2) is 4.98 Å². The van der Waals surface area contributed by atoms with Crippen molar-refractivity contribution in [3.05, 3.63) is 66.1 Å². The smallest absolute Gasteiger partial charge is 0.256 e. The van der Waals surface area contributed by atoms with E-state index >= 15 is 0 Å². The van der Waals surface area contributed by atoms with E-state index in [1.54, 1.807) is 6.07 Å². The molecule has 1 aromatic heterocycles. The van der Waals surface area contributed by atoms with Gasteiger partial charge in [0.15, 0.2) is 5.82 Å². The Labute approximate surface area is 120 Å². The van der Waals surface area contributed by atoms with E-state index in [9.17, 15) is 4.39 Å². The topological polar surface area (TPSA) is 22.1 Å². The number of alkyl halides is 1. The molecule has 0 radical (unpaired) electrons. The van der Waals surface area contributed by atoms with Gasteiger partial charge in [-0.1, -0.05) is 30.3 Å². The van der Waals surface area contributed by atoms with Gasteiger partial charge in [-0.05, 0) is 29.0 Å². The summed E-state index contributed by atoms with van der Waals surface area (Å²) in [7, 11) is 0. The third-order valence-corrected chi connectivity index (χ3v) is 3.30. The standard InChI is InChI=1S/C16H11ClFNO/c17-10-13-7-8-19-16(15(13)18)20-14-6-5-11-3-1-2-4-12(11)9-14/h1-9H,10H2. The van der Waals surface area contributed by atoms with Crippen LogP contribution < -0.4 is 4.74 Å². The number of pyridine rings is 1. The number of nitrogens with zero attached hydrogens (tertiary/aromatic N) is 1. The number of hydrogen-bond acceptors (Lipinski definition) is 2. The fraction of sp³-hybridized carbons (Fsp3) is 0.0625. The Morgan fingerprint density at radius 2 is 1.85 bits per heavy atom. The molecule has 0 unspecified atom stereocenters. The first-order valence-electron chi connectivity index (χ1n) is 6.14. The number of fused-ring (bicyclic) bond motifs is 1. The molecule has 4 heteroatoms. The van der Waals surface area contributed by atoms with Crippen molar-refractivity contribution in [1.29, 1.82) is 0 Å². The average molecular weight is 288 g/mol. The molecule has 0 fully saturated rings. The molecule has 0 amide bonds. The van der Waals surface area contributed by atoms with Crippen LogP contribution in [0.25, 0.3) is 10.8 Å². The second kappa shape index (κ2) is 5.47. The van der Waals surface area contributed by atoms with Crippen molar-refractivity contribution in [2.45, 2.75) is 5.88 Å². The first-order valence-corrected chi connectivity index (χ1v) is 6.67. The maximum absolute atomic E-state index is 14.0. The lowest BCUT2D eigenvalue weighted by atomic mass is 10.1. The predicted octanol–water partition coefficient (Wildman–Crippen LogP) is 4.91. The van der Waals surface area contributed by atoms with Crippen LogP contribution in [0.3, 0.4) is 0 Å². The number of aromatic nitrogens is 1. The normalized spacial score (nSPS) is 10.7. The van der Waals surface area contributed by atoms with Crippen molar-refractivity contribution in [3.8, 4) is 11.6 Å². The maximum Gasteiger partial charge on any atom is 0.256 e. The Morgan fingerprint density at radius 1 is 1.05 bits per heavy atom. The van der Waals surface area contributed by atoms with Gasteiger partial charge >= 0.3 is 0 Å². The van der Waals surface area contributed by atoms with E-state index in [0.717, 1.165) is 10.8 Å². The van der Waals surface area contributed by atoms with Crippen LogP contribution in [0, 0.1) is 5.82 Å². The van der Waals surface area contributed by atoms with Crippen LogP contribution in [0.1, 0.15) is 5.56 Å². The van der Waals surface area contributed by atoms with E-state index in [1.807, 2.05) is 36.4 Å². The lowest BCUT2D eigenvalue weighted by molar-refractivity contribution is 0.420. The Kier molecular flexibility index (Phi) is 3.52. The van der Waals surface area contributed by atoms with Crippen LogP contribution >= 0.6 is 11.6 Å². The number of ether oxygens (including phenoxy) is 1. The molecule has 3 rings (SSSR count). The van der Waals surface area contributed by atoms with Gasteiger partial charge in [0.2, 0.25) is 0 Å². The molecule has 0 atom stereocenters. The summed E-state index contributed by atoms with van der Waals surface area (Å²) in [5.74, 6) is 0.0542. The van der Waals surface area contributed by atoms with Gasteiger partial charge in [0.25, 0.3) is 5.88 Å². The Balaban J connectivity index is 1.97. The highest BCUT2D eigenvalue weighted by molar-refractivity contribution is 6.17. The van der Waals surface area contributed by atoms with E-state index in [-0.39, 0.29) is 11.8 Å². The monoisotopic (exact) mass is 287 g/mol. The molecule has 0 N–H and O–H groups in total. The second-order valence-electron chi connectivity index (χ2n) is 4.33. The fourth-order valence-corrected chi connectivity index (χ4v) is 2.19. The molecule has 3 aromatic rings. The minimum atomic E-state index is -0.518. The molecule has 0 spiro atoms. The highest BCUT2D eigenvalue weighted by atomic mass is 35.5. The van der Waals surface area contributed by atoms with Gasteiger partial charge in [-0.25, -0.2) is 9.37 Å². The number of halogens is 2. The zero-order valence-electron chi connectivity index (χ0n) is 10.5. The molecular weight excluding hydrogens is 277 g/mol. The summed E-state index contributed by atoms with van der Waals surface area (Å²) in [4.78, 5) is 3.91. The molecule has 0 aliphatic carbocycles. The number of benzene rings is 2. The van der Waals surface area contributed by atoms with E-state index in [4.69, 9.17) is 16.3 Å². The summed E-state index contributed by atoms with van der Waals surface area (Å²) in [5, 5.41) is 2.13. The van der Waals surface area contributed by atoms with Crippen LogP contribution in [0.15, 0.2) is 54.7 Å². The van der Waals surface area contributed by atoms with E-state index in [0.29, 0.717) is 11.3 Å². The van der Waals surface area contributed by atoms with Crippen LogP contribution in [0.2, 0.25) is 0 Å². The first kappa shape index (κ1) is 12.9. The highest BCUT2D eigenvalue weighted by Gasteiger charge is 2.11. The zero-order chi connectivity index (χ0) is 13.9. The van der Waals surface area contributed by atoms with Crippen molar-refractivity contribution in [2.75, 3.05) is 0 Å². The minimum absolute atomic E-state index is 0.0570. The summed E-state index contributed by atoms with van der Waals surface area (Å²) >= 11 is 5.66. The molecule has 20 heavy (non-hydrogen) atoms. The molecule has 0 saturated carbocycles. The van der Waals surface area contributed by atoms with E-state index < -0.39 is 5.82 Å². The molecule has 0 aliphatic heterocycles. The summed E-state index contributed by atoms with van der Waals surface area (Å²) in [6.45, 7) is 0. The summed E-state index contributed by atoms with van der Waals surface area (Å²) < 4.78 is 19.5. The molecular formula is C16H11ClFNO. The summed E-state index contributed by atoms with van der Waals surface area (Å²) in [5.41, 5.74) is 0.373. The third-order valence-electron chi connectivity index (χ3n) is 3.02. The van der Waals surface area contributed by atoms with Crippen molar-refractivity contribution in [3.63, 3.8) is 0 Å². The van der Waals surface area contributed by atoms with Crippen molar-refractivity contribution in [1.82, 2.24) is 4.98 Å². The van der Waals surface area contributed by atoms with Gasteiger partial charge in [0.05, 0.1) is 5.88 Å². The van der Waals surface area contributed by atoms with Gasteiger partial charge < -0.3 is 4.74 Å². The molecule has 0 bridgehead atoms. The van der Waals surface area contributed by atoms with E-state index in [1.165, 1.54) is 12.3 Å². The van der Waals surface area contributed by atoms with Gasteiger partial charge in [-0.15, -0.1) is 11.6 Å². The van der Waals surface area contributed by atoms with Crippen LogP contribution in [0.5, 0.6) is 11.6 Å². The lowest BCUT2D eigenvalue weighted by Gasteiger charge is -2.08. The van der Waals surface area contributed by atoms with Crippen molar-refractivity contribution in [2.24, 2.45) is 0 Å². The Morgan fingerprint density at radius 3 is 2.65 bits per heavy atom. The lowest BCUT2D eigenvalue weighted by Crippen LogP contribution is -1.95. The van der Waals surface area contributed by atoms with Crippen LogP contribution in [0.4, 0.5) is 4.39 Å². The van der Waals surface area contributed by atoms with Gasteiger partial charge in [0, 0.05) is 11.8 Å². The molecule has 2 aromatic carbocycles. The Bertz CT molecular complexity index is 760. The first-order chi connectivity index (χ1) is 9.78. The van der Waals surface area contributed by atoms with Crippen molar-refractivity contribution < 1.29 is 9.13 Å². The van der Waals surface area contributed by atoms with Gasteiger partial charge in [-0.3, -0.25) is 0 Å². The number of hydrogen-bond donors (Lipinski definition) is 0. The fourth-order valence-electron chi connectivity index (χ4n) is 1.98. The minimum Gasteiger partial charge on any atom is -0.436 e. The molecule has 1 heterocycles. The Hall–Kier alpha value is -2.13. The largest absolute Gasteiger partial charge is 0.436 e. The van der Waals surface area contributed by atoms with E-state index in [2.05, 4.69) is 4.98 Å². The number of rotatable bonds is 3. The summed E-state index contributed by atoms with van der Waals surface area (Å²) in [6.07, 6.45) is 1.48. The SMILES string of the molecule is Fc1c(CCl)ccnc1Oc1ccc2ccccc2c1.